The van der Waals surface area contributed by atoms with Gasteiger partial charge in [-0.05, 0) is 5.56 Å². The molecular formula is C16H14O3S. The topological polar surface area (TPSA) is 43.4 Å². The molecule has 2 aromatic carbocycles. The van der Waals surface area contributed by atoms with Gasteiger partial charge in [0.1, 0.15) is 17.3 Å². The van der Waals surface area contributed by atoms with Crippen LogP contribution in [-0.4, -0.2) is 20.8 Å². The van der Waals surface area contributed by atoms with Crippen molar-refractivity contribution in [2.45, 2.75) is 0 Å². The third kappa shape index (κ3) is 2.34. The van der Waals surface area contributed by atoms with Crippen LogP contribution in [0.4, 0.5) is 0 Å². The summed E-state index contributed by atoms with van der Waals surface area (Å²) in [6, 6.07) is 18.5. The smallest absolute Gasteiger partial charge is 0.185 e. The van der Waals surface area contributed by atoms with Crippen molar-refractivity contribution in [2.24, 2.45) is 0 Å². The molecule has 0 N–H and O–H groups in total. The lowest BCUT2D eigenvalue weighted by Gasteiger charge is -2.22. The molecule has 3 rings (SSSR count). The van der Waals surface area contributed by atoms with Gasteiger partial charge in [-0.15, -0.1) is 0 Å². The Morgan fingerprint density at radius 1 is 0.800 bits per heavy atom. The predicted molar refractivity (Wildman–Crippen MR) is 79.4 cm³/mol. The van der Waals surface area contributed by atoms with Crippen LogP contribution in [-0.2, 0) is 14.6 Å². The van der Waals surface area contributed by atoms with E-state index in [0.717, 1.165) is 5.56 Å². The van der Waals surface area contributed by atoms with Crippen molar-refractivity contribution in [3.63, 3.8) is 0 Å². The molecule has 0 saturated carbocycles. The van der Waals surface area contributed by atoms with Gasteiger partial charge in [0.25, 0.3) is 0 Å². The fourth-order valence-corrected chi connectivity index (χ4v) is 3.73. The van der Waals surface area contributed by atoms with Crippen molar-refractivity contribution in [3.8, 4) is 0 Å². The van der Waals surface area contributed by atoms with Gasteiger partial charge in [0, 0.05) is 5.56 Å². The molecular weight excluding hydrogens is 272 g/mol. The third-order valence-electron chi connectivity index (χ3n) is 3.19. The number of hydrogen-bond donors (Lipinski definition) is 0. The molecule has 1 aliphatic heterocycles. The van der Waals surface area contributed by atoms with Gasteiger partial charge in [-0.25, -0.2) is 8.42 Å². The molecule has 0 radical (unpaired) electrons. The average Bonchev–Trinajstić information content (AvgIpc) is 2.48. The molecule has 1 heterocycles. The Kier molecular flexibility index (Phi) is 3.32. The van der Waals surface area contributed by atoms with E-state index in [0.29, 0.717) is 11.3 Å². The summed E-state index contributed by atoms with van der Waals surface area (Å²) in [6.45, 7) is 0.197. The molecule has 0 atom stereocenters. The van der Waals surface area contributed by atoms with Gasteiger partial charge in [0.05, 0.1) is 5.75 Å². The van der Waals surface area contributed by atoms with Gasteiger partial charge >= 0.3 is 0 Å². The minimum atomic E-state index is -3.32. The van der Waals surface area contributed by atoms with Crippen molar-refractivity contribution in [1.29, 1.82) is 0 Å². The molecule has 0 saturated heterocycles. The Morgan fingerprint density at radius 3 is 1.95 bits per heavy atom. The fourth-order valence-electron chi connectivity index (χ4n) is 2.27. The zero-order valence-electron chi connectivity index (χ0n) is 10.8. The molecule has 0 fully saturated rings. The van der Waals surface area contributed by atoms with Crippen LogP contribution in [0.3, 0.4) is 0 Å². The molecule has 0 amide bonds. The predicted octanol–water partition coefficient (Wildman–Crippen LogP) is 2.96. The number of ether oxygens (including phenoxy) is 1. The lowest BCUT2D eigenvalue weighted by atomic mass is 10.1. The van der Waals surface area contributed by atoms with Gasteiger partial charge < -0.3 is 4.74 Å². The lowest BCUT2D eigenvalue weighted by Crippen LogP contribution is -2.20. The van der Waals surface area contributed by atoms with E-state index >= 15 is 0 Å². The summed E-state index contributed by atoms with van der Waals surface area (Å²) in [6.07, 6.45) is 0. The largest absolute Gasteiger partial charge is 0.490 e. The van der Waals surface area contributed by atoms with Crippen LogP contribution in [0.5, 0.6) is 0 Å². The quantitative estimate of drug-likeness (QED) is 0.852. The highest BCUT2D eigenvalue weighted by atomic mass is 32.2. The fraction of sp³-hybridized carbons (Fsp3) is 0.125. The molecule has 4 heteroatoms. The maximum absolute atomic E-state index is 12.4. The van der Waals surface area contributed by atoms with Gasteiger partial charge in [0.2, 0.25) is 0 Å². The van der Waals surface area contributed by atoms with Gasteiger partial charge in [-0.3, -0.25) is 0 Å². The van der Waals surface area contributed by atoms with Crippen molar-refractivity contribution < 1.29 is 13.2 Å². The Balaban J connectivity index is 2.27. The monoisotopic (exact) mass is 286 g/mol. The van der Waals surface area contributed by atoms with E-state index in [4.69, 9.17) is 4.74 Å². The highest BCUT2D eigenvalue weighted by Crippen LogP contribution is 2.34. The van der Waals surface area contributed by atoms with E-state index in [1.807, 2.05) is 48.5 Å². The molecule has 0 aromatic heterocycles. The maximum Gasteiger partial charge on any atom is 0.185 e. The standard InChI is InChI=1S/C16H14O3S/c17-20(18)12-11-19-15(13-7-3-1-4-8-13)16(20)14-9-5-2-6-10-14/h1-10H,11-12H2. The zero-order chi connectivity index (χ0) is 14.0. The first-order valence-corrected chi connectivity index (χ1v) is 8.04. The molecule has 102 valence electrons. The maximum atomic E-state index is 12.4. The van der Waals surface area contributed by atoms with Crippen molar-refractivity contribution in [1.82, 2.24) is 0 Å². The minimum Gasteiger partial charge on any atom is -0.490 e. The Bertz CT molecular complexity index is 732. The second kappa shape index (κ2) is 5.13. The van der Waals surface area contributed by atoms with Crippen molar-refractivity contribution in [2.75, 3.05) is 12.4 Å². The molecule has 1 aliphatic rings. The summed E-state index contributed by atoms with van der Waals surface area (Å²) >= 11 is 0. The highest BCUT2D eigenvalue weighted by molar-refractivity contribution is 8.01. The number of sulfone groups is 1. The van der Waals surface area contributed by atoms with E-state index in [2.05, 4.69) is 0 Å². The van der Waals surface area contributed by atoms with Gasteiger partial charge in [-0.2, -0.15) is 0 Å². The molecule has 0 spiro atoms. The molecule has 2 aromatic rings. The van der Waals surface area contributed by atoms with Crippen LogP contribution in [0.25, 0.3) is 10.7 Å². The zero-order valence-corrected chi connectivity index (χ0v) is 11.6. The number of benzene rings is 2. The summed E-state index contributed by atoms with van der Waals surface area (Å²) in [5, 5.41) is 0. The van der Waals surface area contributed by atoms with Crippen molar-refractivity contribution in [3.05, 3.63) is 71.8 Å². The van der Waals surface area contributed by atoms with E-state index in [-0.39, 0.29) is 17.3 Å². The van der Waals surface area contributed by atoms with Crippen LogP contribution in [0, 0.1) is 0 Å². The molecule has 3 nitrogen and oxygen atoms in total. The second-order valence-corrected chi connectivity index (χ2v) is 6.60. The minimum absolute atomic E-state index is 0.0214. The average molecular weight is 286 g/mol. The molecule has 20 heavy (non-hydrogen) atoms. The lowest BCUT2D eigenvalue weighted by molar-refractivity contribution is 0.297. The van der Waals surface area contributed by atoms with E-state index in [1.54, 1.807) is 12.1 Å². The Hall–Kier alpha value is -2.07. The van der Waals surface area contributed by atoms with Crippen LogP contribution in [0.2, 0.25) is 0 Å². The SMILES string of the molecule is O=S1(=O)CCOC(c2ccccc2)=C1c1ccccc1. The summed E-state index contributed by atoms with van der Waals surface area (Å²) in [4.78, 5) is 0.288. The van der Waals surface area contributed by atoms with E-state index < -0.39 is 9.84 Å². The summed E-state index contributed by atoms with van der Waals surface area (Å²) in [5.74, 6) is 0.469. The molecule has 0 unspecified atom stereocenters. The van der Waals surface area contributed by atoms with E-state index in [9.17, 15) is 8.42 Å². The Labute approximate surface area is 118 Å². The normalized spacial score (nSPS) is 17.6. The van der Waals surface area contributed by atoms with Crippen LogP contribution in [0.15, 0.2) is 60.7 Å². The summed E-state index contributed by atoms with van der Waals surface area (Å²) < 4.78 is 30.5. The number of hydrogen-bond acceptors (Lipinski definition) is 3. The van der Waals surface area contributed by atoms with Crippen molar-refractivity contribution >= 4 is 20.5 Å². The first kappa shape index (κ1) is 12.9. The molecule has 0 aliphatic carbocycles. The van der Waals surface area contributed by atoms with Crippen LogP contribution in [0.1, 0.15) is 11.1 Å². The first-order chi connectivity index (χ1) is 9.68. The van der Waals surface area contributed by atoms with Gasteiger partial charge in [-0.1, -0.05) is 60.7 Å². The number of rotatable bonds is 2. The second-order valence-electron chi connectivity index (χ2n) is 4.56. The van der Waals surface area contributed by atoms with Crippen LogP contribution >= 0.6 is 0 Å². The Morgan fingerprint density at radius 2 is 1.35 bits per heavy atom. The highest BCUT2D eigenvalue weighted by Gasteiger charge is 2.30. The van der Waals surface area contributed by atoms with Gasteiger partial charge in [0.15, 0.2) is 9.84 Å². The van der Waals surface area contributed by atoms with E-state index in [1.165, 1.54) is 0 Å². The summed E-state index contributed by atoms with van der Waals surface area (Å²) in [5.41, 5.74) is 1.46. The summed E-state index contributed by atoms with van der Waals surface area (Å²) in [7, 11) is -3.32. The third-order valence-corrected chi connectivity index (χ3v) is 4.93. The van der Waals surface area contributed by atoms with Crippen LogP contribution < -0.4 is 0 Å². The molecule has 0 bridgehead atoms. The first-order valence-electron chi connectivity index (χ1n) is 6.39.